The molecule has 148 valence electrons. The fourth-order valence-electron chi connectivity index (χ4n) is 3.95. The number of amides is 2. The number of rotatable bonds is 4. The van der Waals surface area contributed by atoms with Gasteiger partial charge >= 0.3 is 0 Å². The van der Waals surface area contributed by atoms with Crippen molar-refractivity contribution < 1.29 is 9.59 Å². The van der Waals surface area contributed by atoms with E-state index in [9.17, 15) is 9.59 Å². The first kappa shape index (κ1) is 18.4. The van der Waals surface area contributed by atoms with Crippen molar-refractivity contribution in [3.8, 4) is 0 Å². The van der Waals surface area contributed by atoms with Gasteiger partial charge < -0.3 is 4.90 Å². The largest absolute Gasteiger partial charge is 0.338 e. The number of thiophene rings is 1. The Morgan fingerprint density at radius 3 is 2.90 bits per heavy atom. The van der Waals surface area contributed by atoms with Crippen LogP contribution in [0.3, 0.4) is 0 Å². The van der Waals surface area contributed by atoms with Crippen LogP contribution in [0.1, 0.15) is 27.4 Å². The van der Waals surface area contributed by atoms with Crippen LogP contribution in [0.25, 0.3) is 0 Å². The molecule has 6 nitrogen and oxygen atoms in total. The highest BCUT2D eigenvalue weighted by molar-refractivity contribution is 7.15. The van der Waals surface area contributed by atoms with E-state index in [0.29, 0.717) is 24.6 Å². The maximum atomic E-state index is 13.0. The molecule has 1 saturated heterocycles. The van der Waals surface area contributed by atoms with E-state index >= 15 is 0 Å². The van der Waals surface area contributed by atoms with Gasteiger partial charge in [-0.3, -0.25) is 14.5 Å². The van der Waals surface area contributed by atoms with Crippen molar-refractivity contribution in [1.29, 1.82) is 0 Å². The zero-order valence-electron chi connectivity index (χ0n) is 15.8. The Balaban J connectivity index is 1.25. The maximum Gasteiger partial charge on any atom is 0.229 e. The van der Waals surface area contributed by atoms with Crippen molar-refractivity contribution in [2.24, 2.45) is 5.92 Å². The van der Waals surface area contributed by atoms with Gasteiger partial charge in [0, 0.05) is 37.4 Å². The number of anilines is 1. The highest BCUT2D eigenvalue weighted by Gasteiger charge is 2.39. The second kappa shape index (κ2) is 7.68. The number of fused-ring (bicyclic) bond motifs is 1. The third-order valence-corrected chi connectivity index (χ3v) is 7.45. The topological polar surface area (TPSA) is 66.4 Å². The molecule has 2 aromatic heterocycles. The first-order valence-electron chi connectivity index (χ1n) is 9.68. The molecule has 0 spiro atoms. The van der Waals surface area contributed by atoms with Crippen molar-refractivity contribution >= 4 is 39.6 Å². The summed E-state index contributed by atoms with van der Waals surface area (Å²) in [6.45, 7) is 1.78. The highest BCUT2D eigenvalue weighted by atomic mass is 32.1. The molecule has 1 unspecified atom stereocenters. The summed E-state index contributed by atoms with van der Waals surface area (Å²) in [5.41, 5.74) is 2.40. The van der Waals surface area contributed by atoms with E-state index in [4.69, 9.17) is 0 Å². The number of benzene rings is 1. The number of aromatic nitrogens is 2. The summed E-state index contributed by atoms with van der Waals surface area (Å²) < 4.78 is 0. The molecule has 0 N–H and O–H groups in total. The Bertz CT molecular complexity index is 1050. The average molecular weight is 425 g/mol. The summed E-state index contributed by atoms with van der Waals surface area (Å²) in [5.74, 6) is -0.269. The Kier molecular flexibility index (Phi) is 4.89. The van der Waals surface area contributed by atoms with Crippen LogP contribution in [-0.4, -0.2) is 40.0 Å². The fourth-order valence-corrected chi connectivity index (χ4v) is 5.74. The van der Waals surface area contributed by atoms with Gasteiger partial charge in [0.2, 0.25) is 16.9 Å². The molecule has 4 heterocycles. The minimum atomic E-state index is -0.302. The van der Waals surface area contributed by atoms with Crippen molar-refractivity contribution in [1.82, 2.24) is 15.1 Å². The standard InChI is InChI=1S/C21H20N4O2S2/c26-19-11-16(20(27)24-8-6-17-15(12-24)7-9-28-17)13-25(19)21-23-22-18(29-21)10-14-4-2-1-3-5-14/h1-5,7,9,16H,6,8,10-13H2. The molecule has 2 aliphatic heterocycles. The van der Waals surface area contributed by atoms with E-state index in [1.54, 1.807) is 16.2 Å². The predicted molar refractivity (Wildman–Crippen MR) is 113 cm³/mol. The van der Waals surface area contributed by atoms with Gasteiger partial charge in [0.1, 0.15) is 5.01 Å². The summed E-state index contributed by atoms with van der Waals surface area (Å²) >= 11 is 3.19. The second-order valence-electron chi connectivity index (χ2n) is 7.42. The Hall–Kier alpha value is -2.58. The number of nitrogens with zero attached hydrogens (tertiary/aromatic N) is 4. The monoisotopic (exact) mass is 424 g/mol. The average Bonchev–Trinajstić information content (AvgIpc) is 3.47. The van der Waals surface area contributed by atoms with Crippen LogP contribution in [-0.2, 0) is 29.0 Å². The van der Waals surface area contributed by atoms with Gasteiger partial charge in [-0.05, 0) is 29.0 Å². The summed E-state index contributed by atoms with van der Waals surface area (Å²) in [6.07, 6.45) is 1.85. The van der Waals surface area contributed by atoms with E-state index in [1.807, 2.05) is 35.2 Å². The Morgan fingerprint density at radius 1 is 1.17 bits per heavy atom. The third-order valence-electron chi connectivity index (χ3n) is 5.48. The zero-order chi connectivity index (χ0) is 19.8. The molecule has 5 rings (SSSR count). The quantitative estimate of drug-likeness (QED) is 0.645. The van der Waals surface area contributed by atoms with Crippen LogP contribution in [0.5, 0.6) is 0 Å². The number of carbonyl (C=O) groups is 2. The lowest BCUT2D eigenvalue weighted by Gasteiger charge is -2.29. The zero-order valence-corrected chi connectivity index (χ0v) is 17.4. The highest BCUT2D eigenvalue weighted by Crippen LogP contribution is 2.31. The number of hydrogen-bond donors (Lipinski definition) is 0. The van der Waals surface area contributed by atoms with Gasteiger partial charge in [-0.25, -0.2) is 0 Å². The molecule has 0 radical (unpaired) electrons. The lowest BCUT2D eigenvalue weighted by molar-refractivity contribution is -0.136. The molecule has 0 bridgehead atoms. The first-order chi connectivity index (χ1) is 14.2. The normalized spacial score (nSPS) is 18.9. The van der Waals surface area contributed by atoms with Gasteiger partial charge in [-0.15, -0.1) is 21.5 Å². The van der Waals surface area contributed by atoms with Gasteiger partial charge in [-0.2, -0.15) is 0 Å². The minimum Gasteiger partial charge on any atom is -0.338 e. The Morgan fingerprint density at radius 2 is 2.03 bits per heavy atom. The van der Waals surface area contributed by atoms with Crippen LogP contribution in [0.4, 0.5) is 5.13 Å². The van der Waals surface area contributed by atoms with Crippen LogP contribution >= 0.6 is 22.7 Å². The van der Waals surface area contributed by atoms with Gasteiger partial charge in [0.25, 0.3) is 0 Å². The van der Waals surface area contributed by atoms with Crippen molar-refractivity contribution in [3.63, 3.8) is 0 Å². The molecule has 29 heavy (non-hydrogen) atoms. The van der Waals surface area contributed by atoms with Crippen molar-refractivity contribution in [3.05, 3.63) is 62.8 Å². The molecule has 2 amide bonds. The van der Waals surface area contributed by atoms with E-state index < -0.39 is 0 Å². The second-order valence-corrected chi connectivity index (χ2v) is 9.47. The lowest BCUT2D eigenvalue weighted by atomic mass is 10.0. The van der Waals surface area contributed by atoms with Gasteiger partial charge in [0.05, 0.1) is 5.92 Å². The molecule has 1 aromatic carbocycles. The number of hydrogen-bond acceptors (Lipinski definition) is 6. The van der Waals surface area contributed by atoms with E-state index in [2.05, 4.69) is 21.6 Å². The molecule has 1 atom stereocenters. The molecule has 2 aliphatic rings. The minimum absolute atomic E-state index is 0.0426. The number of carbonyl (C=O) groups excluding carboxylic acids is 2. The van der Waals surface area contributed by atoms with Crippen LogP contribution < -0.4 is 4.90 Å². The van der Waals surface area contributed by atoms with Crippen LogP contribution in [0.15, 0.2) is 41.8 Å². The van der Waals surface area contributed by atoms with Crippen molar-refractivity contribution in [2.75, 3.05) is 18.0 Å². The van der Waals surface area contributed by atoms with Gasteiger partial charge in [0.15, 0.2) is 0 Å². The fraction of sp³-hybridized carbons (Fsp3) is 0.333. The lowest BCUT2D eigenvalue weighted by Crippen LogP contribution is -2.40. The molecule has 3 aromatic rings. The van der Waals surface area contributed by atoms with E-state index in [1.165, 1.54) is 21.8 Å². The summed E-state index contributed by atoms with van der Waals surface area (Å²) in [5, 5.41) is 12.0. The Labute approximate surface area is 176 Å². The van der Waals surface area contributed by atoms with Crippen molar-refractivity contribution in [2.45, 2.75) is 25.8 Å². The smallest absolute Gasteiger partial charge is 0.229 e. The predicted octanol–water partition coefficient (Wildman–Crippen LogP) is 3.13. The van der Waals surface area contributed by atoms with E-state index in [0.717, 1.165) is 23.5 Å². The maximum absolute atomic E-state index is 13.0. The summed E-state index contributed by atoms with van der Waals surface area (Å²) in [6, 6.07) is 12.2. The molecule has 1 fully saturated rings. The molecule has 8 heteroatoms. The van der Waals surface area contributed by atoms with Crippen LogP contribution in [0, 0.1) is 5.92 Å². The molecule has 0 aliphatic carbocycles. The van der Waals surface area contributed by atoms with Gasteiger partial charge in [-0.1, -0.05) is 41.7 Å². The molecular weight excluding hydrogens is 404 g/mol. The first-order valence-corrected chi connectivity index (χ1v) is 11.4. The summed E-state index contributed by atoms with van der Waals surface area (Å²) in [4.78, 5) is 30.5. The SMILES string of the molecule is O=C(C1CC(=O)N(c2nnc(Cc3ccccc3)s2)C1)N1CCc2sccc2C1. The van der Waals surface area contributed by atoms with Crippen LogP contribution in [0.2, 0.25) is 0 Å². The molecule has 0 saturated carbocycles. The third kappa shape index (κ3) is 3.70. The molecular formula is C21H20N4O2S2. The van der Waals surface area contributed by atoms with E-state index in [-0.39, 0.29) is 24.2 Å². The summed E-state index contributed by atoms with van der Waals surface area (Å²) in [7, 11) is 0.